The van der Waals surface area contributed by atoms with Crippen molar-refractivity contribution in [1.82, 2.24) is 4.90 Å². The second kappa shape index (κ2) is 7.52. The van der Waals surface area contributed by atoms with Gasteiger partial charge < -0.3 is 5.73 Å². The van der Waals surface area contributed by atoms with Gasteiger partial charge in [0.05, 0.1) is 21.7 Å². The van der Waals surface area contributed by atoms with E-state index < -0.39 is 31.0 Å². The molecular formula is C18H26N2O5S2. The lowest BCUT2D eigenvalue weighted by Crippen LogP contribution is -2.50. The summed E-state index contributed by atoms with van der Waals surface area (Å²) in [5, 5.41) is -0.986. The molecule has 0 bridgehead atoms. The number of nitrogens with zero attached hydrogens (tertiary/aromatic N) is 1. The first-order valence-corrected chi connectivity index (χ1v) is 12.6. The molecule has 1 aromatic rings. The normalized spacial score (nSPS) is 26.9. The fourth-order valence-electron chi connectivity index (χ4n) is 4.04. The predicted octanol–water partition coefficient (Wildman–Crippen LogP) is 0.386. The van der Waals surface area contributed by atoms with Gasteiger partial charge >= 0.3 is 0 Å². The van der Waals surface area contributed by atoms with Gasteiger partial charge in [0.15, 0.2) is 19.7 Å². The van der Waals surface area contributed by atoms with E-state index in [0.29, 0.717) is 25.9 Å². The first-order chi connectivity index (χ1) is 12.6. The molecule has 0 aliphatic carbocycles. The number of primary amides is 1. The van der Waals surface area contributed by atoms with Crippen molar-refractivity contribution in [3.8, 4) is 0 Å². The second-order valence-electron chi connectivity index (χ2n) is 7.44. The zero-order chi connectivity index (χ0) is 19.8. The summed E-state index contributed by atoms with van der Waals surface area (Å²) >= 11 is 0. The van der Waals surface area contributed by atoms with Crippen LogP contribution in [0, 0.1) is 5.92 Å². The van der Waals surface area contributed by atoms with E-state index in [1.165, 1.54) is 0 Å². The Morgan fingerprint density at radius 1 is 1.15 bits per heavy atom. The number of piperidine rings is 1. The number of likely N-dealkylation sites (tertiary alicyclic amines) is 1. The minimum atomic E-state index is -3.78. The average Bonchev–Trinajstić information content (AvgIpc) is 2.98. The fraction of sp³-hybridized carbons (Fsp3) is 0.611. The molecule has 7 nitrogen and oxygen atoms in total. The zero-order valence-corrected chi connectivity index (χ0v) is 17.0. The van der Waals surface area contributed by atoms with E-state index in [4.69, 9.17) is 5.73 Å². The highest BCUT2D eigenvalue weighted by atomic mass is 32.2. The van der Waals surface area contributed by atoms with E-state index in [1.807, 2.05) is 11.8 Å². The quantitative estimate of drug-likeness (QED) is 0.745. The summed E-state index contributed by atoms with van der Waals surface area (Å²) < 4.78 is 50.9. The third kappa shape index (κ3) is 4.20. The number of aryl methyl sites for hydroxylation is 1. The molecule has 1 aromatic carbocycles. The molecule has 2 fully saturated rings. The lowest BCUT2D eigenvalue weighted by molar-refractivity contribution is -0.123. The van der Waals surface area contributed by atoms with Crippen LogP contribution in [-0.2, 0) is 30.9 Å². The molecule has 2 heterocycles. The van der Waals surface area contributed by atoms with Crippen molar-refractivity contribution >= 4 is 25.6 Å². The molecule has 2 aliphatic rings. The molecule has 0 aromatic heterocycles. The number of carbonyl (C=O) groups is 1. The van der Waals surface area contributed by atoms with Gasteiger partial charge in [-0.25, -0.2) is 16.8 Å². The number of sulfone groups is 2. The van der Waals surface area contributed by atoms with Crippen LogP contribution in [0.15, 0.2) is 29.2 Å². The van der Waals surface area contributed by atoms with E-state index in [1.54, 1.807) is 24.3 Å². The van der Waals surface area contributed by atoms with E-state index in [2.05, 4.69) is 0 Å². The topological polar surface area (TPSA) is 115 Å². The van der Waals surface area contributed by atoms with Crippen LogP contribution in [0.5, 0.6) is 0 Å². The summed E-state index contributed by atoms with van der Waals surface area (Å²) in [5.41, 5.74) is 6.38. The van der Waals surface area contributed by atoms with E-state index in [0.717, 1.165) is 12.0 Å². The standard InChI is InChI=1S/C18H26N2O5S2/c1-2-13-3-5-15(6-4-13)27(24,25)17-12-26(22,23)11-16(17)20-9-7-14(8-10-20)18(19)21/h3-6,14,16-17H,2,7-12H2,1H3,(H2,19,21)/t16-,17+/m0/s1. The van der Waals surface area contributed by atoms with Crippen LogP contribution < -0.4 is 5.73 Å². The van der Waals surface area contributed by atoms with Crippen LogP contribution in [0.4, 0.5) is 0 Å². The maximum Gasteiger partial charge on any atom is 0.220 e. The molecule has 1 amide bonds. The van der Waals surface area contributed by atoms with Crippen LogP contribution in [0.1, 0.15) is 25.3 Å². The van der Waals surface area contributed by atoms with Crippen molar-refractivity contribution in [3.05, 3.63) is 29.8 Å². The summed E-state index contributed by atoms with van der Waals surface area (Å²) in [7, 11) is -7.22. The highest BCUT2D eigenvalue weighted by Gasteiger charge is 2.48. The molecule has 2 aliphatic heterocycles. The van der Waals surface area contributed by atoms with Gasteiger partial charge in [-0.05, 0) is 50.0 Å². The number of rotatable bonds is 5. The summed E-state index contributed by atoms with van der Waals surface area (Å²) in [6.45, 7) is 2.95. The predicted molar refractivity (Wildman–Crippen MR) is 103 cm³/mol. The molecule has 27 heavy (non-hydrogen) atoms. The van der Waals surface area contributed by atoms with Crippen molar-refractivity contribution in [2.75, 3.05) is 24.6 Å². The van der Waals surface area contributed by atoms with Crippen molar-refractivity contribution in [3.63, 3.8) is 0 Å². The van der Waals surface area contributed by atoms with Gasteiger partial charge in [0, 0.05) is 12.0 Å². The molecule has 9 heteroatoms. The summed E-state index contributed by atoms with van der Waals surface area (Å²) in [6, 6.07) is 6.08. The van der Waals surface area contributed by atoms with E-state index >= 15 is 0 Å². The lowest BCUT2D eigenvalue weighted by atomic mass is 9.95. The number of nitrogens with two attached hydrogens (primary N) is 1. The largest absolute Gasteiger partial charge is 0.369 e. The van der Waals surface area contributed by atoms with E-state index in [-0.39, 0.29) is 28.2 Å². The molecule has 2 N–H and O–H groups in total. The first-order valence-electron chi connectivity index (χ1n) is 9.20. The fourth-order valence-corrected chi connectivity index (χ4v) is 8.87. The third-order valence-electron chi connectivity index (χ3n) is 5.73. The summed E-state index contributed by atoms with van der Waals surface area (Å²) in [6.07, 6.45) is 1.86. The molecular weight excluding hydrogens is 388 g/mol. The Balaban J connectivity index is 1.86. The molecule has 0 saturated carbocycles. The number of benzene rings is 1. The van der Waals surface area contributed by atoms with Gasteiger partial charge in [-0.1, -0.05) is 19.1 Å². The highest BCUT2D eigenvalue weighted by Crippen LogP contribution is 2.31. The lowest BCUT2D eigenvalue weighted by Gasteiger charge is -2.36. The Kier molecular flexibility index (Phi) is 5.65. The van der Waals surface area contributed by atoms with Gasteiger partial charge in [0.2, 0.25) is 5.91 Å². The first kappa shape index (κ1) is 20.3. The van der Waals surface area contributed by atoms with E-state index in [9.17, 15) is 21.6 Å². The SMILES string of the molecule is CCc1ccc(S(=O)(=O)[C@@H]2CS(=O)(=O)C[C@@H]2N2CCC(C(N)=O)CC2)cc1. The monoisotopic (exact) mass is 414 g/mol. The van der Waals surface area contributed by atoms with Crippen LogP contribution in [0.25, 0.3) is 0 Å². The molecule has 0 radical (unpaired) electrons. The van der Waals surface area contributed by atoms with Crippen molar-refractivity contribution < 1.29 is 21.6 Å². The van der Waals surface area contributed by atoms with Crippen LogP contribution in [-0.4, -0.2) is 63.5 Å². The minimum absolute atomic E-state index is 0.162. The average molecular weight is 415 g/mol. The molecule has 0 spiro atoms. The highest BCUT2D eigenvalue weighted by molar-refractivity contribution is 7.96. The van der Waals surface area contributed by atoms with Gasteiger partial charge in [-0.2, -0.15) is 0 Å². The molecule has 0 unspecified atom stereocenters. The third-order valence-corrected chi connectivity index (χ3v) is 9.87. The van der Waals surface area contributed by atoms with Gasteiger partial charge in [0.1, 0.15) is 0 Å². The smallest absolute Gasteiger partial charge is 0.220 e. The van der Waals surface area contributed by atoms with Gasteiger partial charge in [-0.15, -0.1) is 0 Å². The summed E-state index contributed by atoms with van der Waals surface area (Å²) in [5.74, 6) is -1.10. The molecule has 2 saturated heterocycles. The Labute approximate surface area is 160 Å². The molecule has 3 rings (SSSR count). The number of hydrogen-bond acceptors (Lipinski definition) is 6. The van der Waals surface area contributed by atoms with Crippen molar-refractivity contribution in [2.45, 2.75) is 42.4 Å². The van der Waals surface area contributed by atoms with Gasteiger partial charge in [0.25, 0.3) is 0 Å². The van der Waals surface area contributed by atoms with Crippen molar-refractivity contribution in [1.29, 1.82) is 0 Å². The second-order valence-corrected chi connectivity index (χ2v) is 11.8. The Morgan fingerprint density at radius 2 is 1.74 bits per heavy atom. The molecule has 2 atom stereocenters. The van der Waals surface area contributed by atoms with Crippen LogP contribution in [0.3, 0.4) is 0 Å². The Morgan fingerprint density at radius 3 is 2.26 bits per heavy atom. The maximum atomic E-state index is 13.2. The zero-order valence-electron chi connectivity index (χ0n) is 15.4. The minimum Gasteiger partial charge on any atom is -0.369 e. The van der Waals surface area contributed by atoms with Gasteiger partial charge in [-0.3, -0.25) is 9.69 Å². The van der Waals surface area contributed by atoms with Crippen molar-refractivity contribution in [2.24, 2.45) is 11.7 Å². The number of amides is 1. The Bertz CT molecular complexity index is 902. The number of carbonyl (C=O) groups excluding carboxylic acids is 1. The Hall–Kier alpha value is -1.45. The summed E-state index contributed by atoms with van der Waals surface area (Å²) in [4.78, 5) is 13.4. The van der Waals surface area contributed by atoms with Crippen LogP contribution in [0.2, 0.25) is 0 Å². The maximum absolute atomic E-state index is 13.2. The molecule has 150 valence electrons. The number of hydrogen-bond donors (Lipinski definition) is 1. The van der Waals surface area contributed by atoms with Crippen LogP contribution >= 0.6 is 0 Å².